The average Bonchev–Trinajstić information content (AvgIpc) is 3.78. The molecule has 0 saturated carbocycles. The molecule has 0 spiro atoms. The molecule has 4 heterocycles. The van der Waals surface area contributed by atoms with Crippen LogP contribution in [0.3, 0.4) is 0 Å². The Balaban J connectivity index is 0.988. The van der Waals surface area contributed by atoms with Crippen LogP contribution in [0.5, 0.6) is 0 Å². The number of amidine groups is 1. The van der Waals surface area contributed by atoms with E-state index in [1.807, 2.05) is 115 Å². The second-order valence-electron chi connectivity index (χ2n) is 13.8. The van der Waals surface area contributed by atoms with Crippen LogP contribution in [0.1, 0.15) is 46.4 Å². The zero-order valence-electron chi connectivity index (χ0n) is 30.6. The van der Waals surface area contributed by atoms with E-state index < -0.39 is 29.0 Å². The van der Waals surface area contributed by atoms with Gasteiger partial charge in [-0.2, -0.15) is 0 Å². The highest BCUT2D eigenvalue weighted by Crippen LogP contribution is 2.42. The van der Waals surface area contributed by atoms with Crippen LogP contribution in [0.15, 0.2) is 139 Å². The van der Waals surface area contributed by atoms with Crippen LogP contribution in [-0.4, -0.2) is 75.9 Å². The summed E-state index contributed by atoms with van der Waals surface area (Å²) in [7, 11) is 0. The molecular formula is C44H40N6O5S. The first-order valence-corrected chi connectivity index (χ1v) is 19.6. The number of hydrogen-bond acceptors (Lipinski definition) is 9. The number of nitrogens with zero attached hydrogens (tertiary/aromatic N) is 5. The molecule has 282 valence electrons. The van der Waals surface area contributed by atoms with Crippen LogP contribution in [-0.2, 0) is 30.5 Å². The van der Waals surface area contributed by atoms with Gasteiger partial charge in [0.2, 0.25) is 23.6 Å². The molecule has 5 aromatic rings. The highest BCUT2D eigenvalue weighted by molar-refractivity contribution is 8.15. The summed E-state index contributed by atoms with van der Waals surface area (Å²) in [6.07, 6.45) is 2.02. The Kier molecular flexibility index (Phi) is 11.0. The predicted molar refractivity (Wildman–Crippen MR) is 216 cm³/mol. The SMILES string of the molecule is O=C(Nc1ccc(C2S/C(=N\c3ccc(N4CCOCC4)cc3)N(Cc3ccccn3)C2=O)cc1)[C@@H]1CCC(=O)N1C(=O)C(c1ccccc1)c1ccccc1. The molecule has 4 aromatic carbocycles. The number of ether oxygens (including phenoxy) is 1. The number of nitrogens with one attached hydrogen (secondary N) is 1. The minimum Gasteiger partial charge on any atom is -0.378 e. The molecule has 1 aromatic heterocycles. The maximum atomic E-state index is 14.2. The fourth-order valence-electron chi connectivity index (χ4n) is 7.30. The van der Waals surface area contributed by atoms with Gasteiger partial charge in [0.25, 0.3) is 0 Å². The maximum Gasteiger partial charge on any atom is 0.247 e. The topological polar surface area (TPSA) is 125 Å². The molecule has 0 bridgehead atoms. The van der Waals surface area contributed by atoms with Gasteiger partial charge in [0.05, 0.1) is 37.1 Å². The van der Waals surface area contributed by atoms with Gasteiger partial charge in [-0.1, -0.05) is 90.6 Å². The Morgan fingerprint density at radius 2 is 1.48 bits per heavy atom. The molecule has 1 unspecified atom stereocenters. The lowest BCUT2D eigenvalue weighted by Gasteiger charge is -2.28. The van der Waals surface area contributed by atoms with Crippen LogP contribution < -0.4 is 10.2 Å². The van der Waals surface area contributed by atoms with E-state index in [2.05, 4.69) is 15.2 Å². The lowest BCUT2D eigenvalue weighted by atomic mass is 9.89. The summed E-state index contributed by atoms with van der Waals surface area (Å²) in [6, 6.07) is 38.4. The number of pyridine rings is 1. The number of hydrogen-bond donors (Lipinski definition) is 1. The molecule has 8 rings (SSSR count). The van der Waals surface area contributed by atoms with E-state index in [0.717, 1.165) is 51.7 Å². The predicted octanol–water partition coefficient (Wildman–Crippen LogP) is 6.71. The van der Waals surface area contributed by atoms with Gasteiger partial charge >= 0.3 is 0 Å². The third-order valence-electron chi connectivity index (χ3n) is 10.2. The van der Waals surface area contributed by atoms with Crippen molar-refractivity contribution in [3.63, 3.8) is 0 Å². The van der Waals surface area contributed by atoms with Crippen molar-refractivity contribution in [2.45, 2.75) is 36.6 Å². The minimum absolute atomic E-state index is 0.0942. The fourth-order valence-corrected chi connectivity index (χ4v) is 8.48. The number of morpholine rings is 1. The standard InChI is InChI=1S/C44H40N6O5S/c51-38-23-22-37(50(38)42(53)39(30-9-3-1-4-10-30)31-11-5-2-6-12-31)41(52)46-33-16-14-32(15-17-33)40-43(54)49(29-35-13-7-8-24-45-35)44(56-40)47-34-18-20-36(21-19-34)48-25-27-55-28-26-48/h1-21,24,37,39-40H,22-23,25-29H2,(H,46,52)/b47-44-/t37-,40?/m0/s1. The molecule has 0 aliphatic carbocycles. The molecular weight excluding hydrogens is 725 g/mol. The van der Waals surface area contributed by atoms with Crippen molar-refractivity contribution in [3.8, 4) is 0 Å². The van der Waals surface area contributed by atoms with Crippen LogP contribution in [0.4, 0.5) is 17.1 Å². The molecule has 4 amide bonds. The number of aliphatic imine (C=N–C) groups is 1. The van der Waals surface area contributed by atoms with Crippen LogP contribution in [0, 0.1) is 0 Å². The molecule has 3 saturated heterocycles. The lowest BCUT2D eigenvalue weighted by Crippen LogP contribution is -2.47. The Morgan fingerprint density at radius 1 is 0.821 bits per heavy atom. The maximum absolute atomic E-state index is 14.2. The van der Waals surface area contributed by atoms with Crippen molar-refractivity contribution in [2.75, 3.05) is 36.5 Å². The highest BCUT2D eigenvalue weighted by atomic mass is 32.2. The number of likely N-dealkylation sites (tertiary alicyclic amines) is 1. The normalized spacial score (nSPS) is 19.2. The number of aromatic nitrogens is 1. The third-order valence-corrected chi connectivity index (χ3v) is 11.4. The van der Waals surface area contributed by atoms with E-state index in [1.54, 1.807) is 23.2 Å². The van der Waals surface area contributed by atoms with E-state index in [1.165, 1.54) is 11.8 Å². The van der Waals surface area contributed by atoms with Gasteiger partial charge in [-0.25, -0.2) is 4.99 Å². The van der Waals surface area contributed by atoms with Gasteiger partial charge in [0, 0.05) is 37.1 Å². The van der Waals surface area contributed by atoms with Crippen LogP contribution in [0.2, 0.25) is 0 Å². The number of carbonyl (C=O) groups is 4. The minimum atomic E-state index is -0.960. The first-order chi connectivity index (χ1) is 27.4. The molecule has 56 heavy (non-hydrogen) atoms. The molecule has 12 heteroatoms. The number of carbonyl (C=O) groups excluding carboxylic acids is 4. The van der Waals surface area contributed by atoms with E-state index in [0.29, 0.717) is 24.1 Å². The van der Waals surface area contributed by atoms with E-state index >= 15 is 0 Å². The smallest absolute Gasteiger partial charge is 0.247 e. The molecule has 3 aliphatic heterocycles. The Labute approximate surface area is 329 Å². The molecule has 3 fully saturated rings. The summed E-state index contributed by atoms with van der Waals surface area (Å²) in [6.45, 7) is 3.34. The molecule has 11 nitrogen and oxygen atoms in total. The van der Waals surface area contributed by atoms with Gasteiger partial charge in [-0.05, 0) is 71.6 Å². The van der Waals surface area contributed by atoms with Gasteiger partial charge in [0.15, 0.2) is 5.17 Å². The van der Waals surface area contributed by atoms with E-state index in [4.69, 9.17) is 9.73 Å². The molecule has 1 N–H and O–H groups in total. The largest absolute Gasteiger partial charge is 0.378 e. The van der Waals surface area contributed by atoms with Crippen molar-refractivity contribution in [2.24, 2.45) is 4.99 Å². The molecule has 0 radical (unpaired) electrons. The van der Waals surface area contributed by atoms with Crippen LogP contribution >= 0.6 is 11.8 Å². The van der Waals surface area contributed by atoms with Gasteiger partial charge < -0.3 is 15.0 Å². The number of imide groups is 1. The second kappa shape index (κ2) is 16.7. The van der Waals surface area contributed by atoms with Crippen LogP contribution in [0.25, 0.3) is 0 Å². The van der Waals surface area contributed by atoms with Crippen molar-refractivity contribution >= 4 is 57.6 Å². The Bertz CT molecular complexity index is 2180. The third kappa shape index (κ3) is 7.98. The number of benzene rings is 4. The first kappa shape index (κ1) is 36.8. The van der Waals surface area contributed by atoms with Gasteiger partial charge in [-0.15, -0.1) is 0 Å². The second-order valence-corrected chi connectivity index (χ2v) is 14.8. The summed E-state index contributed by atoms with van der Waals surface area (Å²) >= 11 is 1.37. The fraction of sp³-hybridized carbons (Fsp3) is 0.227. The monoisotopic (exact) mass is 764 g/mol. The van der Waals surface area contributed by atoms with Gasteiger partial charge in [-0.3, -0.25) is 34.0 Å². The number of thioether (sulfide) groups is 1. The number of rotatable bonds is 10. The number of amides is 4. The Morgan fingerprint density at radius 3 is 2.12 bits per heavy atom. The summed E-state index contributed by atoms with van der Waals surface area (Å²) in [4.78, 5) is 69.6. The van der Waals surface area contributed by atoms with Crippen molar-refractivity contribution < 1.29 is 23.9 Å². The van der Waals surface area contributed by atoms with Gasteiger partial charge in [0.1, 0.15) is 11.3 Å². The summed E-state index contributed by atoms with van der Waals surface area (Å²) < 4.78 is 5.49. The van der Waals surface area contributed by atoms with Crippen molar-refractivity contribution in [1.29, 1.82) is 0 Å². The zero-order chi connectivity index (χ0) is 38.4. The Hall–Kier alpha value is -6.11. The summed E-state index contributed by atoms with van der Waals surface area (Å²) in [5.74, 6) is -2.11. The molecule has 2 atom stereocenters. The highest BCUT2D eigenvalue weighted by Gasteiger charge is 2.44. The first-order valence-electron chi connectivity index (χ1n) is 18.7. The number of anilines is 2. The van der Waals surface area contributed by atoms with E-state index in [-0.39, 0.29) is 31.2 Å². The van der Waals surface area contributed by atoms with Crippen molar-refractivity contribution in [3.05, 3.63) is 156 Å². The van der Waals surface area contributed by atoms with E-state index in [9.17, 15) is 19.2 Å². The summed E-state index contributed by atoms with van der Waals surface area (Å²) in [5.41, 5.74) is 5.30. The average molecular weight is 765 g/mol. The molecule has 3 aliphatic rings. The zero-order valence-corrected chi connectivity index (χ0v) is 31.4. The summed E-state index contributed by atoms with van der Waals surface area (Å²) in [5, 5.41) is 2.92. The quantitative estimate of drug-likeness (QED) is 0.167. The lowest BCUT2D eigenvalue weighted by molar-refractivity contribution is -0.147. The van der Waals surface area contributed by atoms with Crippen molar-refractivity contribution in [1.82, 2.24) is 14.8 Å².